The highest BCUT2D eigenvalue weighted by atomic mass is 16.4. The van der Waals surface area contributed by atoms with E-state index in [4.69, 9.17) is 5.11 Å². The third-order valence-corrected chi connectivity index (χ3v) is 2.99. The Kier molecular flexibility index (Phi) is 3.62. The molecule has 2 N–H and O–H groups in total. The minimum atomic E-state index is -0.823. The van der Waals surface area contributed by atoms with Gasteiger partial charge in [-0.15, -0.1) is 0 Å². The van der Waals surface area contributed by atoms with E-state index in [9.17, 15) is 4.79 Å². The second kappa shape index (κ2) is 5.05. The smallest absolute Gasteiger partial charge is 0.323 e. The zero-order valence-corrected chi connectivity index (χ0v) is 11.6. The van der Waals surface area contributed by atoms with Gasteiger partial charge in [0.2, 0.25) is 0 Å². The molecule has 2 rings (SSSR count). The van der Waals surface area contributed by atoms with Crippen LogP contribution >= 0.6 is 0 Å². The summed E-state index contributed by atoms with van der Waals surface area (Å²) in [5, 5.41) is 13.5. The fourth-order valence-electron chi connectivity index (χ4n) is 2.10. The number of hydrogen-bond donors (Lipinski definition) is 2. The normalized spacial score (nSPS) is 11.9. The van der Waals surface area contributed by atoms with E-state index >= 15 is 0 Å². The van der Waals surface area contributed by atoms with Crippen molar-refractivity contribution in [3.8, 4) is 0 Å². The summed E-state index contributed by atoms with van der Waals surface area (Å²) in [6, 6.07) is 7.90. The molecule has 102 valence electrons. The molecule has 2 aromatic rings. The highest BCUT2D eigenvalue weighted by molar-refractivity contribution is 5.85. The molecule has 4 nitrogen and oxygen atoms in total. The van der Waals surface area contributed by atoms with E-state index in [0.717, 1.165) is 23.0 Å². The molecular weight excluding hydrogens is 240 g/mol. The number of nitrogens with zero attached hydrogens (tertiary/aromatic N) is 1. The van der Waals surface area contributed by atoms with Crippen LogP contribution in [0.2, 0.25) is 0 Å². The lowest BCUT2D eigenvalue weighted by molar-refractivity contribution is -0.137. The number of hydrogen-bond acceptors (Lipinski definition) is 2. The Bertz CT molecular complexity index is 594. The highest BCUT2D eigenvalue weighted by Gasteiger charge is 2.13. The van der Waals surface area contributed by atoms with Crippen LogP contribution in [-0.2, 0) is 17.9 Å². The van der Waals surface area contributed by atoms with E-state index in [0.29, 0.717) is 0 Å². The van der Waals surface area contributed by atoms with Gasteiger partial charge in [-0.25, -0.2) is 0 Å². The van der Waals surface area contributed by atoms with Crippen molar-refractivity contribution in [2.45, 2.75) is 39.4 Å². The Labute approximate surface area is 113 Å². The Morgan fingerprint density at radius 3 is 2.63 bits per heavy atom. The number of aromatic nitrogens is 1. The van der Waals surface area contributed by atoms with Gasteiger partial charge in [0.25, 0.3) is 0 Å². The van der Waals surface area contributed by atoms with Gasteiger partial charge in [-0.3, -0.25) is 4.79 Å². The molecule has 4 heteroatoms. The molecule has 0 aliphatic heterocycles. The minimum Gasteiger partial charge on any atom is -0.480 e. The van der Waals surface area contributed by atoms with E-state index in [2.05, 4.69) is 26.1 Å². The molecule has 19 heavy (non-hydrogen) atoms. The van der Waals surface area contributed by atoms with Gasteiger partial charge in [0, 0.05) is 29.2 Å². The van der Waals surface area contributed by atoms with E-state index in [1.165, 1.54) is 0 Å². The van der Waals surface area contributed by atoms with Gasteiger partial charge in [-0.1, -0.05) is 18.2 Å². The second-order valence-electron chi connectivity index (χ2n) is 5.80. The molecule has 0 radical (unpaired) electrons. The Hall–Kier alpha value is -1.81. The standard InChI is InChI=1S/C15H20N2O2/c1-15(2,3)16-8-11-9-17(10-14(18)19)13-7-5-4-6-12(11)13/h4-7,9,16H,8,10H2,1-3H3,(H,18,19). The van der Waals surface area contributed by atoms with Crippen LogP contribution < -0.4 is 5.32 Å². The quantitative estimate of drug-likeness (QED) is 0.888. The molecule has 0 bridgehead atoms. The molecule has 0 saturated heterocycles. The third-order valence-electron chi connectivity index (χ3n) is 2.99. The lowest BCUT2D eigenvalue weighted by Gasteiger charge is -2.20. The number of rotatable bonds is 4. The average Bonchev–Trinajstić information content (AvgIpc) is 2.64. The van der Waals surface area contributed by atoms with Crippen LogP contribution in [0, 0.1) is 0 Å². The van der Waals surface area contributed by atoms with Crippen molar-refractivity contribution in [1.82, 2.24) is 9.88 Å². The number of carboxylic acids is 1. The van der Waals surface area contributed by atoms with E-state index in [-0.39, 0.29) is 12.1 Å². The topological polar surface area (TPSA) is 54.3 Å². The Morgan fingerprint density at radius 2 is 2.00 bits per heavy atom. The Morgan fingerprint density at radius 1 is 1.32 bits per heavy atom. The summed E-state index contributed by atoms with van der Waals surface area (Å²) in [6.45, 7) is 7.07. The van der Waals surface area contributed by atoms with Crippen LogP contribution in [0.5, 0.6) is 0 Å². The zero-order chi connectivity index (χ0) is 14.0. The first-order valence-corrected chi connectivity index (χ1v) is 6.40. The molecule has 0 saturated carbocycles. The van der Waals surface area contributed by atoms with Crippen LogP contribution in [0.3, 0.4) is 0 Å². The first-order chi connectivity index (χ1) is 8.87. The summed E-state index contributed by atoms with van der Waals surface area (Å²) in [5.41, 5.74) is 2.14. The Balaban J connectivity index is 2.36. The minimum absolute atomic E-state index is 0.00394. The van der Waals surface area contributed by atoms with E-state index in [1.807, 2.05) is 30.5 Å². The summed E-state index contributed by atoms with van der Waals surface area (Å²) in [7, 11) is 0. The first-order valence-electron chi connectivity index (χ1n) is 6.40. The molecule has 0 aliphatic rings. The van der Waals surface area contributed by atoms with Crippen molar-refractivity contribution in [2.24, 2.45) is 0 Å². The summed E-state index contributed by atoms with van der Waals surface area (Å²) in [6.07, 6.45) is 1.93. The van der Waals surface area contributed by atoms with Crippen molar-refractivity contribution in [1.29, 1.82) is 0 Å². The molecule has 0 atom stereocenters. The predicted molar refractivity (Wildman–Crippen MR) is 76.2 cm³/mol. The SMILES string of the molecule is CC(C)(C)NCc1cn(CC(=O)O)c2ccccc12. The van der Waals surface area contributed by atoms with Gasteiger partial charge >= 0.3 is 5.97 Å². The van der Waals surface area contributed by atoms with Gasteiger partial charge in [0.1, 0.15) is 6.54 Å². The van der Waals surface area contributed by atoms with Crippen molar-refractivity contribution in [3.05, 3.63) is 36.0 Å². The lowest BCUT2D eigenvalue weighted by Crippen LogP contribution is -2.35. The number of benzene rings is 1. The summed E-state index contributed by atoms with van der Waals surface area (Å²) in [5.74, 6) is -0.823. The molecule has 1 heterocycles. The zero-order valence-electron chi connectivity index (χ0n) is 11.6. The van der Waals surface area contributed by atoms with Gasteiger partial charge in [-0.05, 0) is 32.4 Å². The first kappa shape index (κ1) is 13.6. The van der Waals surface area contributed by atoms with Crippen molar-refractivity contribution < 1.29 is 9.90 Å². The average molecular weight is 260 g/mol. The number of fused-ring (bicyclic) bond motifs is 1. The summed E-state index contributed by atoms with van der Waals surface area (Å²) >= 11 is 0. The molecule has 0 spiro atoms. The van der Waals surface area contributed by atoms with Gasteiger partial charge in [0.05, 0.1) is 0 Å². The number of carbonyl (C=O) groups is 1. The molecule has 0 unspecified atom stereocenters. The van der Waals surface area contributed by atoms with Crippen molar-refractivity contribution in [3.63, 3.8) is 0 Å². The van der Waals surface area contributed by atoms with Crippen LogP contribution in [0.1, 0.15) is 26.3 Å². The predicted octanol–water partition coefficient (Wildman–Crippen LogP) is 2.61. The molecule has 1 aromatic heterocycles. The lowest BCUT2D eigenvalue weighted by atomic mass is 10.1. The maximum absolute atomic E-state index is 10.9. The molecule has 0 fully saturated rings. The monoisotopic (exact) mass is 260 g/mol. The molecule has 1 aromatic carbocycles. The number of carboxylic acid groups (broad SMARTS) is 1. The third kappa shape index (κ3) is 3.35. The largest absolute Gasteiger partial charge is 0.480 e. The van der Waals surface area contributed by atoms with Crippen LogP contribution in [0.4, 0.5) is 0 Å². The molecule has 0 amide bonds. The van der Waals surface area contributed by atoms with E-state index < -0.39 is 5.97 Å². The van der Waals surface area contributed by atoms with Gasteiger partial charge in [0.15, 0.2) is 0 Å². The van der Waals surface area contributed by atoms with Crippen molar-refractivity contribution >= 4 is 16.9 Å². The van der Waals surface area contributed by atoms with E-state index in [1.54, 1.807) is 4.57 Å². The van der Waals surface area contributed by atoms with Crippen LogP contribution in [0.15, 0.2) is 30.5 Å². The fourth-order valence-corrected chi connectivity index (χ4v) is 2.10. The fraction of sp³-hybridized carbons (Fsp3) is 0.400. The molecule has 0 aliphatic carbocycles. The van der Waals surface area contributed by atoms with Gasteiger partial charge in [-0.2, -0.15) is 0 Å². The number of nitrogens with one attached hydrogen (secondary N) is 1. The van der Waals surface area contributed by atoms with Crippen LogP contribution in [0.25, 0.3) is 10.9 Å². The number of para-hydroxylation sites is 1. The van der Waals surface area contributed by atoms with Gasteiger partial charge < -0.3 is 15.0 Å². The van der Waals surface area contributed by atoms with Crippen LogP contribution in [-0.4, -0.2) is 21.2 Å². The molecular formula is C15H20N2O2. The second-order valence-corrected chi connectivity index (χ2v) is 5.80. The summed E-state index contributed by atoms with van der Waals surface area (Å²) in [4.78, 5) is 10.9. The summed E-state index contributed by atoms with van der Waals surface area (Å²) < 4.78 is 1.79. The van der Waals surface area contributed by atoms with Crippen molar-refractivity contribution in [2.75, 3.05) is 0 Å². The highest BCUT2D eigenvalue weighted by Crippen LogP contribution is 2.21. The number of aliphatic carboxylic acids is 1. The maximum atomic E-state index is 10.9. The maximum Gasteiger partial charge on any atom is 0.323 e.